The third-order valence-corrected chi connectivity index (χ3v) is 7.45. The highest BCUT2D eigenvalue weighted by atomic mass is 19.4. The van der Waals surface area contributed by atoms with Crippen LogP contribution in [0.25, 0.3) is 11.5 Å². The number of piperidine rings is 1. The molecule has 7 nitrogen and oxygen atoms in total. The van der Waals surface area contributed by atoms with Crippen LogP contribution < -0.4 is 5.32 Å². The Hall–Kier alpha value is -4.61. The number of hydrogen-bond donors (Lipinski definition) is 1. The second kappa shape index (κ2) is 11.3. The van der Waals surface area contributed by atoms with E-state index >= 15 is 0 Å². The predicted octanol–water partition coefficient (Wildman–Crippen LogP) is 5.92. The van der Waals surface area contributed by atoms with Crippen molar-refractivity contribution in [3.63, 3.8) is 0 Å². The number of carbonyl (C=O) groups excluding carboxylic acids is 2. The fourth-order valence-corrected chi connectivity index (χ4v) is 5.14. The van der Waals surface area contributed by atoms with Crippen LogP contribution in [0.5, 0.6) is 0 Å². The van der Waals surface area contributed by atoms with Gasteiger partial charge in [0.25, 0.3) is 11.8 Å². The van der Waals surface area contributed by atoms with E-state index in [4.69, 9.17) is 4.52 Å². The van der Waals surface area contributed by atoms with Crippen LogP contribution in [0.2, 0.25) is 0 Å². The first-order chi connectivity index (χ1) is 20.0. The molecule has 2 amide bonds. The van der Waals surface area contributed by atoms with Crippen LogP contribution >= 0.6 is 0 Å². The van der Waals surface area contributed by atoms with Gasteiger partial charge < -0.3 is 14.7 Å². The molecule has 1 aliphatic rings. The number of amides is 2. The van der Waals surface area contributed by atoms with Crippen molar-refractivity contribution in [3.05, 3.63) is 107 Å². The van der Waals surface area contributed by atoms with Crippen LogP contribution in [-0.4, -0.2) is 46.1 Å². The molecule has 0 radical (unpaired) electrons. The molecule has 12 heteroatoms. The Morgan fingerprint density at radius 1 is 0.905 bits per heavy atom. The lowest BCUT2D eigenvalue weighted by Gasteiger charge is -2.42. The van der Waals surface area contributed by atoms with Gasteiger partial charge in [-0.2, -0.15) is 18.2 Å². The minimum Gasteiger partial charge on any atom is -0.340 e. The SMILES string of the molecule is Cc1noc(-c2ccc(C(=O)N3CCC(C(=O)N[C@@H](c4ccc(F)cc4)C(F)(F)F)(c4ccc(F)cc4)CC3)cc2)n1. The van der Waals surface area contributed by atoms with Gasteiger partial charge in [0.15, 0.2) is 11.9 Å². The molecule has 1 aliphatic heterocycles. The molecule has 0 unspecified atom stereocenters. The van der Waals surface area contributed by atoms with Crippen LogP contribution in [-0.2, 0) is 10.2 Å². The smallest absolute Gasteiger partial charge is 0.340 e. The molecule has 1 atom stereocenters. The Labute approximate surface area is 237 Å². The van der Waals surface area contributed by atoms with Crippen molar-refractivity contribution < 1.29 is 36.1 Å². The number of likely N-dealkylation sites (tertiary alicyclic amines) is 1. The second-order valence-electron chi connectivity index (χ2n) is 10.1. The molecule has 1 saturated heterocycles. The fourth-order valence-electron chi connectivity index (χ4n) is 5.14. The predicted molar refractivity (Wildman–Crippen MR) is 141 cm³/mol. The van der Waals surface area contributed by atoms with Crippen molar-refractivity contribution in [3.8, 4) is 11.5 Å². The summed E-state index contributed by atoms with van der Waals surface area (Å²) in [6.45, 7) is 1.79. The molecule has 1 N–H and O–H groups in total. The maximum Gasteiger partial charge on any atom is 0.412 e. The first-order valence-corrected chi connectivity index (χ1v) is 13.1. The van der Waals surface area contributed by atoms with Crippen LogP contribution in [0.1, 0.15) is 46.2 Å². The van der Waals surface area contributed by atoms with E-state index in [0.29, 0.717) is 28.4 Å². The van der Waals surface area contributed by atoms with E-state index in [0.717, 1.165) is 36.4 Å². The quantitative estimate of drug-likeness (QED) is 0.285. The van der Waals surface area contributed by atoms with Gasteiger partial charge in [0.1, 0.15) is 11.6 Å². The third kappa shape index (κ3) is 5.88. The molecular weight excluding hydrogens is 559 g/mol. The molecule has 42 heavy (non-hydrogen) atoms. The van der Waals surface area contributed by atoms with Gasteiger partial charge >= 0.3 is 6.18 Å². The first-order valence-electron chi connectivity index (χ1n) is 13.1. The van der Waals surface area contributed by atoms with Crippen molar-refractivity contribution in [2.45, 2.75) is 37.4 Å². The first kappa shape index (κ1) is 28.9. The molecular formula is C30H25F5N4O3. The van der Waals surface area contributed by atoms with Crippen LogP contribution in [0, 0.1) is 18.6 Å². The van der Waals surface area contributed by atoms with Gasteiger partial charge in [-0.05, 0) is 79.4 Å². The fraction of sp³-hybridized carbons (Fsp3) is 0.267. The normalized spacial score (nSPS) is 15.7. The molecule has 0 bridgehead atoms. The molecule has 1 aromatic heterocycles. The Morgan fingerprint density at radius 2 is 1.48 bits per heavy atom. The van der Waals surface area contributed by atoms with Crippen LogP contribution in [0.15, 0.2) is 77.3 Å². The van der Waals surface area contributed by atoms with E-state index in [1.54, 1.807) is 31.2 Å². The number of hydrogen-bond acceptors (Lipinski definition) is 5. The number of aromatic nitrogens is 2. The van der Waals surface area contributed by atoms with Gasteiger partial charge in [0.05, 0.1) is 5.41 Å². The van der Waals surface area contributed by atoms with Crippen molar-refractivity contribution in [1.82, 2.24) is 20.4 Å². The summed E-state index contributed by atoms with van der Waals surface area (Å²) < 4.78 is 74.5. The Kier molecular flexibility index (Phi) is 7.81. The summed E-state index contributed by atoms with van der Waals surface area (Å²) >= 11 is 0. The largest absolute Gasteiger partial charge is 0.412 e. The van der Waals surface area contributed by atoms with Crippen molar-refractivity contribution in [2.75, 3.05) is 13.1 Å². The molecule has 0 saturated carbocycles. The maximum atomic E-state index is 14.1. The Bertz CT molecular complexity index is 1560. The van der Waals surface area contributed by atoms with E-state index in [-0.39, 0.29) is 37.4 Å². The van der Waals surface area contributed by atoms with E-state index < -0.39 is 35.2 Å². The Balaban J connectivity index is 1.38. The monoisotopic (exact) mass is 584 g/mol. The van der Waals surface area contributed by atoms with E-state index in [9.17, 15) is 31.5 Å². The average molecular weight is 585 g/mol. The van der Waals surface area contributed by atoms with Gasteiger partial charge in [0.2, 0.25) is 5.91 Å². The lowest BCUT2D eigenvalue weighted by atomic mass is 9.71. The number of aryl methyl sites for hydroxylation is 1. The highest BCUT2D eigenvalue weighted by Crippen LogP contribution is 2.39. The summed E-state index contributed by atoms with van der Waals surface area (Å²) in [6, 6.07) is 12.8. The number of nitrogens with zero attached hydrogens (tertiary/aromatic N) is 3. The summed E-state index contributed by atoms with van der Waals surface area (Å²) in [5, 5.41) is 5.85. The number of halogens is 5. The number of nitrogens with one attached hydrogen (secondary N) is 1. The molecule has 218 valence electrons. The molecule has 4 aromatic rings. The molecule has 0 spiro atoms. The lowest BCUT2D eigenvalue weighted by Crippen LogP contribution is -2.54. The standard InChI is InChI=1S/C30H25F5N4O3/c1-18-36-26(42-38-18)20-2-4-21(5-3-20)27(40)39-16-14-29(15-17-39,22-8-12-24(32)13-9-22)28(41)37-25(30(33,34)35)19-6-10-23(31)11-7-19/h2-13,25H,14-17H2,1H3,(H,37,41)/t25-/m0/s1. The zero-order chi connectivity index (χ0) is 30.1. The van der Waals surface area contributed by atoms with Gasteiger partial charge in [-0.15, -0.1) is 0 Å². The molecule has 1 fully saturated rings. The van der Waals surface area contributed by atoms with Crippen LogP contribution in [0.4, 0.5) is 22.0 Å². The van der Waals surface area contributed by atoms with Crippen LogP contribution in [0.3, 0.4) is 0 Å². The summed E-state index contributed by atoms with van der Waals surface area (Å²) in [7, 11) is 0. The zero-order valence-corrected chi connectivity index (χ0v) is 22.3. The summed E-state index contributed by atoms with van der Waals surface area (Å²) in [5.74, 6) is -1.77. The van der Waals surface area contributed by atoms with Crippen molar-refractivity contribution in [1.29, 1.82) is 0 Å². The third-order valence-electron chi connectivity index (χ3n) is 7.45. The maximum absolute atomic E-state index is 14.1. The minimum absolute atomic E-state index is 0.0104. The molecule has 3 aromatic carbocycles. The summed E-state index contributed by atoms with van der Waals surface area (Å²) in [6.07, 6.45) is -4.90. The highest BCUT2D eigenvalue weighted by molar-refractivity contribution is 5.95. The number of alkyl halides is 3. The molecule has 0 aliphatic carbocycles. The van der Waals surface area contributed by atoms with E-state index in [2.05, 4.69) is 15.5 Å². The molecule has 5 rings (SSSR count). The highest BCUT2D eigenvalue weighted by Gasteiger charge is 2.48. The number of carbonyl (C=O) groups is 2. The van der Waals surface area contributed by atoms with E-state index in [1.807, 2.05) is 0 Å². The summed E-state index contributed by atoms with van der Waals surface area (Å²) in [5.41, 5.74) is -0.500. The molecule has 2 heterocycles. The number of rotatable bonds is 6. The average Bonchev–Trinajstić information content (AvgIpc) is 3.42. The zero-order valence-electron chi connectivity index (χ0n) is 22.3. The van der Waals surface area contributed by atoms with Crippen molar-refractivity contribution in [2.24, 2.45) is 0 Å². The van der Waals surface area contributed by atoms with Gasteiger partial charge in [0, 0.05) is 24.2 Å². The lowest BCUT2D eigenvalue weighted by molar-refractivity contribution is -0.165. The van der Waals surface area contributed by atoms with Gasteiger partial charge in [-0.3, -0.25) is 9.59 Å². The second-order valence-corrected chi connectivity index (χ2v) is 10.1. The topological polar surface area (TPSA) is 88.3 Å². The van der Waals surface area contributed by atoms with Crippen molar-refractivity contribution >= 4 is 11.8 Å². The summed E-state index contributed by atoms with van der Waals surface area (Å²) in [4.78, 5) is 32.7. The Morgan fingerprint density at radius 3 is 2.00 bits per heavy atom. The van der Waals surface area contributed by atoms with E-state index in [1.165, 1.54) is 17.0 Å². The minimum atomic E-state index is -4.87. The number of benzene rings is 3. The van der Waals surface area contributed by atoms with Gasteiger partial charge in [-0.1, -0.05) is 29.4 Å². The van der Waals surface area contributed by atoms with Gasteiger partial charge in [-0.25, -0.2) is 8.78 Å².